The molecule has 0 N–H and O–H groups in total. The monoisotopic (exact) mass is 284 g/mol. The normalized spacial score (nSPS) is 20.4. The summed E-state index contributed by atoms with van der Waals surface area (Å²) in [4.78, 5) is 0. The maximum Gasteiger partial charge on any atom is -0.0159 e. The highest BCUT2D eigenvalue weighted by Gasteiger charge is 2.21. The Morgan fingerprint density at radius 1 is 1.33 bits per heavy atom. The van der Waals surface area contributed by atoms with Crippen molar-refractivity contribution in [1.82, 2.24) is 0 Å². The molecule has 0 radical (unpaired) electrons. The zero-order valence-corrected chi connectivity index (χ0v) is 14.3. The summed E-state index contributed by atoms with van der Waals surface area (Å²) < 4.78 is 0. The molecular formula is C21H32. The number of allylic oxidation sites excluding steroid dienone is 6. The van der Waals surface area contributed by atoms with E-state index in [1.165, 1.54) is 12.8 Å². The van der Waals surface area contributed by atoms with Crippen molar-refractivity contribution < 1.29 is 0 Å². The average Bonchev–Trinajstić information content (AvgIpc) is 2.46. The molecule has 0 aliphatic heterocycles. The van der Waals surface area contributed by atoms with E-state index in [1.807, 2.05) is 13.0 Å². The topological polar surface area (TPSA) is 0 Å². The summed E-state index contributed by atoms with van der Waals surface area (Å²) in [5.74, 6) is 2.84. The van der Waals surface area contributed by atoms with Gasteiger partial charge in [-0.15, -0.1) is 12.3 Å². The molecule has 0 nitrogen and oxygen atoms in total. The molecule has 0 bridgehead atoms. The van der Waals surface area contributed by atoms with Crippen LogP contribution in [0.1, 0.15) is 53.4 Å². The maximum atomic E-state index is 3.93. The lowest BCUT2D eigenvalue weighted by Gasteiger charge is -2.27. The molecule has 0 heterocycles. The van der Waals surface area contributed by atoms with Crippen molar-refractivity contribution >= 4 is 0 Å². The number of hydrogen-bond acceptors (Lipinski definition) is 0. The van der Waals surface area contributed by atoms with Gasteiger partial charge in [0.1, 0.15) is 0 Å². The van der Waals surface area contributed by atoms with E-state index in [4.69, 9.17) is 0 Å². The van der Waals surface area contributed by atoms with Crippen molar-refractivity contribution in [3.63, 3.8) is 0 Å². The molecule has 3 unspecified atom stereocenters. The summed E-state index contributed by atoms with van der Waals surface area (Å²) in [5.41, 5.74) is 4.83. The minimum absolute atomic E-state index is 0.650. The largest absolute Gasteiger partial charge is 0.130 e. The number of hydrogen-bond donors (Lipinski definition) is 0. The van der Waals surface area contributed by atoms with Crippen molar-refractivity contribution in [3.05, 3.63) is 54.3 Å². The zero-order chi connectivity index (χ0) is 15.7. The molecule has 0 saturated carbocycles. The van der Waals surface area contributed by atoms with Crippen LogP contribution in [0.2, 0.25) is 0 Å². The van der Waals surface area contributed by atoms with Gasteiger partial charge >= 0.3 is 0 Å². The lowest BCUT2D eigenvalue weighted by atomic mass is 9.77. The Hall–Kier alpha value is -1.26. The summed E-state index contributed by atoms with van der Waals surface area (Å²) in [7, 11) is 0. The zero-order valence-electron chi connectivity index (χ0n) is 14.3. The Bertz CT molecular complexity index is 427. The van der Waals surface area contributed by atoms with Crippen LogP contribution >= 0.6 is 0 Å². The van der Waals surface area contributed by atoms with Gasteiger partial charge in [0.15, 0.2) is 0 Å². The highest BCUT2D eigenvalue weighted by molar-refractivity contribution is 5.21. The van der Waals surface area contributed by atoms with Gasteiger partial charge < -0.3 is 0 Å². The molecule has 0 fully saturated rings. The van der Waals surface area contributed by atoms with Gasteiger partial charge in [-0.05, 0) is 68.4 Å². The fraction of sp³-hybridized carbons (Fsp3) is 0.571. The van der Waals surface area contributed by atoms with Gasteiger partial charge in [0, 0.05) is 0 Å². The van der Waals surface area contributed by atoms with E-state index < -0.39 is 0 Å². The quantitative estimate of drug-likeness (QED) is 0.353. The fourth-order valence-corrected chi connectivity index (χ4v) is 2.89. The summed E-state index contributed by atoms with van der Waals surface area (Å²) in [6.07, 6.45) is 17.9. The molecule has 0 amide bonds. The standard InChI is InChI=1S/C21H32/c1-6-8-9-13-20(11-7-2)21-14-10-12-19(16-21)15-18(5)17(3)4/h6-7,9-10,12,14,17-18,20-21H,2,11,13,15-16H2,1,3-5H3. The molecule has 1 aliphatic rings. The highest BCUT2D eigenvalue weighted by Crippen LogP contribution is 2.33. The molecular weight excluding hydrogens is 252 g/mol. The SMILES string of the molecule is C=CCC(CC=C=CC)C1C=CC=C(CC(C)C(C)C)C1. The third-order valence-electron chi connectivity index (χ3n) is 4.69. The molecule has 1 rings (SSSR count). The van der Waals surface area contributed by atoms with Crippen LogP contribution in [0, 0.1) is 23.7 Å². The Labute approximate surface area is 132 Å². The van der Waals surface area contributed by atoms with Crippen molar-refractivity contribution in [2.75, 3.05) is 0 Å². The minimum Gasteiger partial charge on any atom is -0.130 e. The Morgan fingerprint density at radius 2 is 2.10 bits per heavy atom. The second-order valence-corrected chi connectivity index (χ2v) is 6.68. The van der Waals surface area contributed by atoms with E-state index in [1.54, 1.807) is 5.57 Å². The van der Waals surface area contributed by atoms with Crippen LogP contribution in [0.15, 0.2) is 54.3 Å². The van der Waals surface area contributed by atoms with Crippen molar-refractivity contribution in [2.24, 2.45) is 23.7 Å². The second-order valence-electron chi connectivity index (χ2n) is 6.68. The molecule has 0 aromatic carbocycles. The Balaban J connectivity index is 2.66. The molecule has 0 saturated heterocycles. The molecule has 21 heavy (non-hydrogen) atoms. The first kappa shape index (κ1) is 17.8. The van der Waals surface area contributed by atoms with Crippen LogP contribution in [-0.2, 0) is 0 Å². The van der Waals surface area contributed by atoms with Crippen LogP contribution in [-0.4, -0.2) is 0 Å². The van der Waals surface area contributed by atoms with Gasteiger partial charge in [-0.2, -0.15) is 0 Å². The van der Waals surface area contributed by atoms with Crippen LogP contribution in [0.25, 0.3) is 0 Å². The van der Waals surface area contributed by atoms with Crippen LogP contribution < -0.4 is 0 Å². The first-order valence-corrected chi connectivity index (χ1v) is 8.41. The molecule has 0 aromatic rings. The minimum atomic E-state index is 0.650. The third-order valence-corrected chi connectivity index (χ3v) is 4.69. The van der Waals surface area contributed by atoms with Crippen molar-refractivity contribution in [1.29, 1.82) is 0 Å². The van der Waals surface area contributed by atoms with E-state index >= 15 is 0 Å². The summed E-state index contributed by atoms with van der Waals surface area (Å²) in [5, 5.41) is 0. The molecule has 1 aliphatic carbocycles. The molecule has 3 atom stereocenters. The molecule has 0 aromatic heterocycles. The van der Waals surface area contributed by atoms with E-state index in [-0.39, 0.29) is 0 Å². The maximum absolute atomic E-state index is 3.93. The van der Waals surface area contributed by atoms with Gasteiger partial charge in [-0.25, -0.2) is 0 Å². The lowest BCUT2D eigenvalue weighted by molar-refractivity contribution is 0.369. The smallest absolute Gasteiger partial charge is 0.0159 e. The fourth-order valence-electron chi connectivity index (χ4n) is 2.89. The van der Waals surface area contributed by atoms with Gasteiger partial charge in [-0.1, -0.05) is 50.6 Å². The van der Waals surface area contributed by atoms with Crippen LogP contribution in [0.5, 0.6) is 0 Å². The third kappa shape index (κ3) is 6.36. The average molecular weight is 284 g/mol. The van der Waals surface area contributed by atoms with Gasteiger partial charge in [-0.3, -0.25) is 0 Å². The van der Waals surface area contributed by atoms with Gasteiger partial charge in [0.05, 0.1) is 0 Å². The summed E-state index contributed by atoms with van der Waals surface area (Å²) in [6.45, 7) is 13.0. The summed E-state index contributed by atoms with van der Waals surface area (Å²) >= 11 is 0. The van der Waals surface area contributed by atoms with Gasteiger partial charge in [0.25, 0.3) is 0 Å². The first-order valence-electron chi connectivity index (χ1n) is 8.41. The predicted octanol–water partition coefficient (Wildman–Crippen LogP) is 6.48. The molecule has 0 spiro atoms. The molecule has 116 valence electrons. The van der Waals surface area contributed by atoms with Crippen molar-refractivity contribution in [3.8, 4) is 0 Å². The van der Waals surface area contributed by atoms with Crippen molar-refractivity contribution in [2.45, 2.75) is 53.4 Å². The molecule has 0 heteroatoms. The van der Waals surface area contributed by atoms with E-state index in [9.17, 15) is 0 Å². The van der Waals surface area contributed by atoms with Crippen LogP contribution in [0.3, 0.4) is 0 Å². The Kier molecular flexibility index (Phi) is 8.16. The summed E-state index contributed by atoms with van der Waals surface area (Å²) in [6, 6.07) is 0. The van der Waals surface area contributed by atoms with E-state index in [0.717, 1.165) is 24.7 Å². The van der Waals surface area contributed by atoms with Gasteiger partial charge in [0.2, 0.25) is 0 Å². The predicted molar refractivity (Wildman–Crippen MR) is 95.2 cm³/mol. The Morgan fingerprint density at radius 3 is 2.71 bits per heavy atom. The second kappa shape index (κ2) is 9.64. The van der Waals surface area contributed by atoms with E-state index in [2.05, 4.69) is 63.5 Å². The highest BCUT2D eigenvalue weighted by atomic mass is 14.3. The van der Waals surface area contributed by atoms with Crippen LogP contribution in [0.4, 0.5) is 0 Å². The lowest BCUT2D eigenvalue weighted by Crippen LogP contribution is -2.16. The first-order chi connectivity index (χ1) is 10.1. The number of rotatable bonds is 8. The van der Waals surface area contributed by atoms with E-state index in [0.29, 0.717) is 11.8 Å².